The van der Waals surface area contributed by atoms with Crippen molar-refractivity contribution in [1.82, 2.24) is 14.1 Å². The van der Waals surface area contributed by atoms with Crippen LogP contribution in [0.5, 0.6) is 5.88 Å². The first-order valence-electron chi connectivity index (χ1n) is 12.1. The molecule has 0 amide bonds. The number of nitrogens with one attached hydrogen (secondary N) is 1. The lowest BCUT2D eigenvalue weighted by molar-refractivity contribution is 0.0975. The molecule has 2 N–H and O–H groups in total. The first-order valence-corrected chi connectivity index (χ1v) is 6.80. The molecule has 1 saturated heterocycles. The van der Waals surface area contributed by atoms with Gasteiger partial charge in [-0.25, -0.2) is 0 Å². The number of β-amino-alcohol motifs (C(OH)–C–C–N with tert-alkyl or cyclic N) is 1. The third kappa shape index (κ3) is 5.39. The summed E-state index contributed by atoms with van der Waals surface area (Å²) in [6.45, 7) is -14.4. The SMILES string of the molecule is [2H]C([2H])([2H])C(NC([2H])([2H])[C@@]([2H])(O)COc1nsnc1N1CCOCC1)(C([2H])([2H])[2H])C([2H])([2H])[2H]. The van der Waals surface area contributed by atoms with Crippen molar-refractivity contribution in [3.05, 3.63) is 0 Å². The Kier molecular flexibility index (Phi) is 2.33. The van der Waals surface area contributed by atoms with E-state index >= 15 is 0 Å². The Labute approximate surface area is 146 Å². The van der Waals surface area contributed by atoms with Crippen LogP contribution in [0.1, 0.15) is 37.0 Å². The first-order chi connectivity index (χ1) is 14.8. The Morgan fingerprint density at radius 1 is 1.57 bits per heavy atom. The molecule has 1 aliphatic rings. The average Bonchev–Trinajstić information content (AvgIpc) is 3.11. The van der Waals surface area contributed by atoms with E-state index in [0.29, 0.717) is 26.3 Å². The maximum atomic E-state index is 10.5. The average molecular weight is 329 g/mol. The smallest absolute Gasteiger partial charge is 0.270 e. The minimum Gasteiger partial charge on any atom is -0.472 e. The molecule has 1 aliphatic heterocycles. The van der Waals surface area contributed by atoms with Crippen LogP contribution >= 0.6 is 11.7 Å². The van der Waals surface area contributed by atoms with Crippen LogP contribution in [0.3, 0.4) is 0 Å². The van der Waals surface area contributed by atoms with E-state index in [4.69, 9.17) is 25.9 Å². The van der Waals surface area contributed by atoms with Crippen molar-refractivity contribution >= 4 is 17.5 Å². The van der Waals surface area contributed by atoms with Crippen LogP contribution < -0.4 is 15.0 Å². The number of ether oxygens (including phenoxy) is 2. The predicted octanol–water partition coefficient (Wildman–Crippen LogP) is 0.503. The van der Waals surface area contributed by atoms with Crippen LogP contribution in [0.25, 0.3) is 0 Å². The Morgan fingerprint density at radius 2 is 2.33 bits per heavy atom. The van der Waals surface area contributed by atoms with E-state index in [-0.39, 0.29) is 11.7 Å². The summed E-state index contributed by atoms with van der Waals surface area (Å²) in [6, 6.07) is 0. The number of hydrogen-bond acceptors (Lipinski definition) is 8. The summed E-state index contributed by atoms with van der Waals surface area (Å²) < 4.78 is 111. The van der Waals surface area contributed by atoms with E-state index in [0.717, 1.165) is 11.7 Å². The van der Waals surface area contributed by atoms with Crippen molar-refractivity contribution in [2.24, 2.45) is 0 Å². The number of nitrogens with zero attached hydrogens (tertiary/aromatic N) is 3. The molecule has 0 saturated carbocycles. The van der Waals surface area contributed by atoms with E-state index in [1.54, 1.807) is 4.90 Å². The Hall–Kier alpha value is -0.960. The molecule has 1 aromatic heterocycles. The van der Waals surface area contributed by atoms with Gasteiger partial charge in [0, 0.05) is 40.2 Å². The lowest BCUT2D eigenvalue weighted by atomic mass is 10.1. The summed E-state index contributed by atoms with van der Waals surface area (Å²) in [6.07, 6.45) is -3.34. The Bertz CT molecular complexity index is 768. The highest BCUT2D eigenvalue weighted by atomic mass is 32.1. The molecule has 0 unspecified atom stereocenters. The van der Waals surface area contributed by atoms with Crippen LogP contribution in [0.2, 0.25) is 0 Å². The molecule has 8 heteroatoms. The fourth-order valence-corrected chi connectivity index (χ4v) is 2.09. The predicted molar refractivity (Wildman–Crippen MR) is 82.2 cm³/mol. The highest BCUT2D eigenvalue weighted by Gasteiger charge is 2.21. The van der Waals surface area contributed by atoms with Gasteiger partial charge in [-0.1, -0.05) is 0 Å². The van der Waals surface area contributed by atoms with Gasteiger partial charge in [-0.05, 0) is 20.6 Å². The fourth-order valence-electron chi connectivity index (χ4n) is 1.57. The molecular weight excluding hydrogens is 292 g/mol. The molecular formula is C13H24N4O3S. The molecule has 120 valence electrons. The van der Waals surface area contributed by atoms with Crippen molar-refractivity contribution in [1.29, 1.82) is 0 Å². The molecule has 0 bridgehead atoms. The number of morpholine rings is 1. The molecule has 0 spiro atoms. The molecule has 21 heavy (non-hydrogen) atoms. The van der Waals surface area contributed by atoms with E-state index in [2.05, 4.69) is 8.75 Å². The summed E-state index contributed by atoms with van der Waals surface area (Å²) >= 11 is 0.755. The van der Waals surface area contributed by atoms with Crippen LogP contribution in [0.4, 0.5) is 5.82 Å². The number of aliphatic hydroxyl groups is 1. The zero-order valence-corrected chi connectivity index (χ0v) is 11.9. The zero-order valence-electron chi connectivity index (χ0n) is 23.0. The second kappa shape index (κ2) is 7.35. The Morgan fingerprint density at radius 3 is 3.05 bits per heavy atom. The normalized spacial score (nSPS) is 30.2. The summed E-state index contributed by atoms with van der Waals surface area (Å²) in [5.41, 5.74) is -3.80. The van der Waals surface area contributed by atoms with Crippen LogP contribution in [0, 0.1) is 0 Å². The van der Waals surface area contributed by atoms with E-state index in [9.17, 15) is 5.11 Å². The van der Waals surface area contributed by atoms with Crippen molar-refractivity contribution < 1.29 is 31.0 Å². The number of rotatable bonds is 6. The maximum absolute atomic E-state index is 10.5. The Balaban J connectivity index is 2.31. The zero-order chi connectivity index (χ0) is 25.5. The maximum Gasteiger partial charge on any atom is 0.270 e. The van der Waals surface area contributed by atoms with Crippen molar-refractivity contribution in [2.75, 3.05) is 44.3 Å². The molecule has 1 fully saturated rings. The van der Waals surface area contributed by atoms with Gasteiger partial charge in [0.15, 0.2) is 0 Å². The van der Waals surface area contributed by atoms with Crippen LogP contribution in [0.15, 0.2) is 0 Å². The van der Waals surface area contributed by atoms with Gasteiger partial charge in [-0.15, -0.1) is 4.37 Å². The quantitative estimate of drug-likeness (QED) is 0.787. The molecule has 0 aliphatic carbocycles. The lowest BCUT2D eigenvalue weighted by Gasteiger charge is -2.27. The number of anilines is 1. The topological polar surface area (TPSA) is 79.7 Å². The lowest BCUT2D eigenvalue weighted by Crippen LogP contribution is -2.42. The molecule has 0 aromatic carbocycles. The largest absolute Gasteiger partial charge is 0.472 e. The van der Waals surface area contributed by atoms with E-state index in [1.165, 1.54) is 5.32 Å². The summed E-state index contributed by atoms with van der Waals surface area (Å²) in [5, 5.41) is 11.9. The van der Waals surface area contributed by atoms with Gasteiger partial charge in [0.1, 0.15) is 12.7 Å². The first kappa shape index (κ1) is 6.66. The van der Waals surface area contributed by atoms with Crippen molar-refractivity contribution in [3.8, 4) is 5.88 Å². The van der Waals surface area contributed by atoms with Gasteiger partial charge in [-0.2, -0.15) is 4.37 Å². The van der Waals surface area contributed by atoms with Gasteiger partial charge in [0.05, 0.1) is 26.3 Å². The summed E-state index contributed by atoms with van der Waals surface area (Å²) in [4.78, 5) is 1.75. The minimum absolute atomic E-state index is 0.142. The number of hydrogen-bond donors (Lipinski definition) is 2. The molecule has 2 heterocycles. The van der Waals surface area contributed by atoms with E-state index < -0.39 is 45.3 Å². The van der Waals surface area contributed by atoms with Gasteiger partial charge in [-0.3, -0.25) is 0 Å². The second-order valence-corrected chi connectivity index (χ2v) is 4.76. The van der Waals surface area contributed by atoms with E-state index in [1.807, 2.05) is 0 Å². The van der Waals surface area contributed by atoms with Crippen LogP contribution in [-0.2, 0) is 4.74 Å². The monoisotopic (exact) mass is 328 g/mol. The second-order valence-electron chi connectivity index (χ2n) is 4.23. The third-order valence-corrected chi connectivity index (χ3v) is 2.99. The van der Waals surface area contributed by atoms with Gasteiger partial charge >= 0.3 is 0 Å². The minimum atomic E-state index is -3.80. The van der Waals surface area contributed by atoms with Gasteiger partial charge in [0.2, 0.25) is 5.82 Å². The van der Waals surface area contributed by atoms with Gasteiger partial charge < -0.3 is 24.8 Å². The number of aromatic nitrogens is 2. The fraction of sp³-hybridized carbons (Fsp3) is 0.846. The molecule has 0 radical (unpaired) electrons. The summed E-state index contributed by atoms with van der Waals surface area (Å²) in [5.74, 6) is 0.117. The molecule has 2 rings (SSSR count). The van der Waals surface area contributed by atoms with Gasteiger partial charge in [0.25, 0.3) is 5.88 Å². The summed E-state index contributed by atoms with van der Waals surface area (Å²) in [7, 11) is 0. The molecule has 1 atom stereocenters. The standard InChI is InChI=1S/C13H24N4O3S/c1-13(2,3)14-8-10(18)9-20-12-11(15-21-16-12)17-4-6-19-7-5-17/h10,14,18H,4-9H2,1-3H3/t10-/m1/s1/i1D3,2D3,3D3,8D2,10D. The highest BCUT2D eigenvalue weighted by molar-refractivity contribution is 6.99. The van der Waals surface area contributed by atoms with Crippen molar-refractivity contribution in [3.63, 3.8) is 0 Å². The molecule has 1 aromatic rings. The highest BCUT2D eigenvalue weighted by Crippen LogP contribution is 2.26. The molecule has 7 nitrogen and oxygen atoms in total. The van der Waals surface area contributed by atoms with Crippen LogP contribution in [-0.4, -0.2) is 64.9 Å². The third-order valence-electron chi connectivity index (χ3n) is 2.49. The van der Waals surface area contributed by atoms with Crippen molar-refractivity contribution in [2.45, 2.75) is 32.2 Å².